The molecule has 13 heteroatoms. The van der Waals surface area contributed by atoms with Crippen LogP contribution in [0.3, 0.4) is 0 Å². The van der Waals surface area contributed by atoms with Gasteiger partial charge in [0, 0.05) is 37.9 Å². The average Bonchev–Trinajstić information content (AvgIpc) is 2.67. The van der Waals surface area contributed by atoms with Crippen molar-refractivity contribution in [2.75, 3.05) is 10.6 Å². The molecule has 0 bridgehead atoms. The summed E-state index contributed by atoms with van der Waals surface area (Å²) in [4.78, 5) is 31.0. The van der Waals surface area contributed by atoms with Crippen LogP contribution in [0.5, 0.6) is 5.75 Å². The van der Waals surface area contributed by atoms with Crippen molar-refractivity contribution >= 4 is 23.2 Å². The summed E-state index contributed by atoms with van der Waals surface area (Å²) in [6, 6.07) is 2.86. The van der Waals surface area contributed by atoms with E-state index in [0.29, 0.717) is 12.6 Å². The molecular weight excluding hydrogens is 434 g/mol. The highest BCUT2D eigenvalue weighted by atomic mass is 19.3. The SMILES string of the molecule is CC(=O)Nc1cc(Nc2cc(C)nc(C(C)(F)F)n2)c(-c2ncc(OC(F)F)cn2)cn1. The van der Waals surface area contributed by atoms with E-state index in [1.807, 2.05) is 0 Å². The fourth-order valence-electron chi connectivity index (χ4n) is 2.57. The number of pyridine rings is 1. The highest BCUT2D eigenvalue weighted by Crippen LogP contribution is 2.31. The maximum Gasteiger partial charge on any atom is 0.387 e. The van der Waals surface area contributed by atoms with Gasteiger partial charge in [0.05, 0.1) is 23.6 Å². The summed E-state index contributed by atoms with van der Waals surface area (Å²) in [6.07, 6.45) is 3.41. The molecule has 0 saturated heterocycles. The molecule has 0 aliphatic heterocycles. The van der Waals surface area contributed by atoms with E-state index < -0.39 is 18.4 Å². The second-order valence-electron chi connectivity index (χ2n) is 6.65. The van der Waals surface area contributed by atoms with Crippen molar-refractivity contribution in [1.29, 1.82) is 0 Å². The van der Waals surface area contributed by atoms with Crippen molar-refractivity contribution in [1.82, 2.24) is 24.9 Å². The molecule has 0 aliphatic carbocycles. The topological polar surface area (TPSA) is 115 Å². The minimum Gasteiger partial charge on any atom is -0.432 e. The summed E-state index contributed by atoms with van der Waals surface area (Å²) in [5, 5.41) is 5.38. The molecule has 2 N–H and O–H groups in total. The summed E-state index contributed by atoms with van der Waals surface area (Å²) in [6.45, 7) is 0.460. The first-order valence-corrected chi connectivity index (χ1v) is 9.07. The number of halogens is 4. The average molecular weight is 451 g/mol. The quantitative estimate of drug-likeness (QED) is 0.517. The van der Waals surface area contributed by atoms with Crippen LogP contribution in [0.25, 0.3) is 11.4 Å². The van der Waals surface area contributed by atoms with Gasteiger partial charge in [-0.1, -0.05) is 0 Å². The summed E-state index contributed by atoms with van der Waals surface area (Å²) >= 11 is 0. The van der Waals surface area contributed by atoms with Gasteiger partial charge in [-0.15, -0.1) is 0 Å². The van der Waals surface area contributed by atoms with Crippen molar-refractivity contribution in [3.63, 3.8) is 0 Å². The summed E-state index contributed by atoms with van der Waals surface area (Å²) in [7, 11) is 0. The van der Waals surface area contributed by atoms with Crippen molar-refractivity contribution in [3.8, 4) is 17.1 Å². The molecule has 0 unspecified atom stereocenters. The van der Waals surface area contributed by atoms with Gasteiger partial charge in [0.15, 0.2) is 11.6 Å². The van der Waals surface area contributed by atoms with Crippen LogP contribution < -0.4 is 15.4 Å². The highest BCUT2D eigenvalue weighted by molar-refractivity contribution is 5.89. The molecule has 9 nitrogen and oxygen atoms in total. The van der Waals surface area contributed by atoms with E-state index in [9.17, 15) is 22.4 Å². The number of anilines is 3. The molecule has 3 aromatic rings. The number of alkyl halides is 4. The monoisotopic (exact) mass is 451 g/mol. The minimum atomic E-state index is -3.27. The van der Waals surface area contributed by atoms with Crippen molar-refractivity contribution in [3.05, 3.63) is 42.2 Å². The van der Waals surface area contributed by atoms with Crippen molar-refractivity contribution < 1.29 is 27.1 Å². The zero-order valence-electron chi connectivity index (χ0n) is 17.0. The largest absolute Gasteiger partial charge is 0.432 e. The Hall–Kier alpha value is -3.90. The molecule has 32 heavy (non-hydrogen) atoms. The van der Waals surface area contributed by atoms with E-state index in [0.717, 1.165) is 12.4 Å². The number of nitrogens with zero attached hydrogens (tertiary/aromatic N) is 5. The van der Waals surface area contributed by atoms with Crippen LogP contribution in [-0.4, -0.2) is 37.4 Å². The van der Waals surface area contributed by atoms with Gasteiger partial charge in [0.1, 0.15) is 11.6 Å². The van der Waals surface area contributed by atoms with Gasteiger partial charge in [0.2, 0.25) is 11.7 Å². The Balaban J connectivity index is 2.03. The first kappa shape index (κ1) is 22.8. The van der Waals surface area contributed by atoms with Gasteiger partial charge < -0.3 is 15.4 Å². The van der Waals surface area contributed by atoms with Crippen LogP contribution in [0.15, 0.2) is 30.7 Å². The summed E-state index contributed by atoms with van der Waals surface area (Å²) in [5.41, 5.74) is 0.833. The first-order chi connectivity index (χ1) is 15.0. The van der Waals surface area contributed by atoms with Gasteiger partial charge in [-0.2, -0.15) is 17.6 Å². The van der Waals surface area contributed by atoms with Gasteiger partial charge in [0.25, 0.3) is 0 Å². The van der Waals surface area contributed by atoms with Crippen LogP contribution in [0.2, 0.25) is 0 Å². The maximum atomic E-state index is 13.7. The Bertz CT molecular complexity index is 1120. The number of amides is 1. The molecule has 0 radical (unpaired) electrons. The lowest BCUT2D eigenvalue weighted by atomic mass is 10.2. The zero-order valence-corrected chi connectivity index (χ0v) is 17.0. The van der Waals surface area contributed by atoms with Gasteiger partial charge in [-0.25, -0.2) is 24.9 Å². The number of hydrogen-bond donors (Lipinski definition) is 2. The van der Waals surface area contributed by atoms with E-state index in [1.165, 1.54) is 32.2 Å². The fourth-order valence-corrected chi connectivity index (χ4v) is 2.57. The third kappa shape index (κ3) is 5.83. The van der Waals surface area contributed by atoms with Crippen LogP contribution in [-0.2, 0) is 10.7 Å². The Kier molecular flexibility index (Phi) is 6.46. The molecule has 0 spiro atoms. The number of nitrogens with one attached hydrogen (secondary N) is 2. The van der Waals surface area contributed by atoms with E-state index in [2.05, 4.69) is 40.3 Å². The number of carbonyl (C=O) groups is 1. The van der Waals surface area contributed by atoms with E-state index >= 15 is 0 Å². The lowest BCUT2D eigenvalue weighted by molar-refractivity contribution is -0.114. The predicted octanol–water partition coefficient (Wildman–Crippen LogP) is 4.05. The molecule has 0 aromatic carbocycles. The molecule has 0 saturated carbocycles. The molecule has 168 valence electrons. The first-order valence-electron chi connectivity index (χ1n) is 9.07. The van der Waals surface area contributed by atoms with Crippen LogP contribution >= 0.6 is 0 Å². The van der Waals surface area contributed by atoms with Crippen LogP contribution in [0, 0.1) is 6.92 Å². The summed E-state index contributed by atoms with van der Waals surface area (Å²) < 4.78 is 56.4. The second-order valence-corrected chi connectivity index (χ2v) is 6.65. The van der Waals surface area contributed by atoms with E-state index in [-0.39, 0.29) is 40.4 Å². The lowest BCUT2D eigenvalue weighted by Crippen LogP contribution is -2.14. The minimum absolute atomic E-state index is 0.0490. The number of aryl methyl sites for hydroxylation is 1. The van der Waals surface area contributed by atoms with Gasteiger partial charge in [-0.05, 0) is 6.92 Å². The molecule has 3 heterocycles. The summed E-state index contributed by atoms with van der Waals surface area (Å²) in [5.74, 6) is -4.30. The second kappa shape index (κ2) is 9.08. The number of rotatable bonds is 7. The van der Waals surface area contributed by atoms with Crippen molar-refractivity contribution in [2.45, 2.75) is 33.3 Å². The molecule has 1 amide bonds. The number of aromatic nitrogens is 5. The molecule has 0 atom stereocenters. The predicted molar refractivity (Wildman–Crippen MR) is 106 cm³/mol. The Morgan fingerprint density at radius 2 is 1.75 bits per heavy atom. The normalized spacial score (nSPS) is 11.4. The highest BCUT2D eigenvalue weighted by Gasteiger charge is 2.29. The molecule has 0 fully saturated rings. The molecule has 3 aromatic heterocycles. The third-order valence-corrected chi connectivity index (χ3v) is 3.81. The van der Waals surface area contributed by atoms with Crippen LogP contribution in [0.4, 0.5) is 34.9 Å². The molecule has 3 rings (SSSR count). The standard InChI is InChI=1S/C19H17F4N7O2/c1-9-4-15(30-17(27-9)19(3,22)23)29-13-5-14(28-10(2)31)24-8-12(13)16-25-6-11(7-26-16)32-18(20)21/h4-8,18H,1-3H3,(H2,24,27,28,29,30,31). The lowest BCUT2D eigenvalue weighted by Gasteiger charge is -2.15. The number of hydrogen-bond acceptors (Lipinski definition) is 8. The molecular formula is C19H17F4N7O2. The maximum absolute atomic E-state index is 13.7. The van der Waals surface area contributed by atoms with E-state index in [1.54, 1.807) is 0 Å². The van der Waals surface area contributed by atoms with E-state index in [4.69, 9.17) is 0 Å². The Morgan fingerprint density at radius 3 is 2.34 bits per heavy atom. The van der Waals surface area contributed by atoms with Crippen molar-refractivity contribution in [2.24, 2.45) is 0 Å². The Morgan fingerprint density at radius 1 is 1.06 bits per heavy atom. The number of ether oxygens (including phenoxy) is 1. The number of carbonyl (C=O) groups excluding carboxylic acids is 1. The fraction of sp³-hybridized carbons (Fsp3) is 0.263. The van der Waals surface area contributed by atoms with Crippen LogP contribution in [0.1, 0.15) is 25.4 Å². The zero-order chi connectivity index (χ0) is 23.5. The van der Waals surface area contributed by atoms with Gasteiger partial charge in [-0.3, -0.25) is 4.79 Å². The molecule has 0 aliphatic rings. The third-order valence-electron chi connectivity index (χ3n) is 3.81. The smallest absolute Gasteiger partial charge is 0.387 e. The van der Waals surface area contributed by atoms with Gasteiger partial charge >= 0.3 is 12.5 Å². The Labute approximate surface area is 179 Å².